The fourth-order valence-corrected chi connectivity index (χ4v) is 1.74. The molecule has 2 atom stereocenters. The van der Waals surface area contributed by atoms with Crippen LogP contribution in [0, 0.1) is 5.92 Å². The maximum atomic E-state index is 11.4. The van der Waals surface area contributed by atoms with E-state index in [1.165, 1.54) is 12.0 Å². The smallest absolute Gasteiger partial charge is 0.244 e. The highest BCUT2D eigenvalue weighted by Gasteiger charge is 2.15. The summed E-state index contributed by atoms with van der Waals surface area (Å²) in [7, 11) is 0. The van der Waals surface area contributed by atoms with Crippen molar-refractivity contribution in [1.29, 1.82) is 0 Å². The van der Waals surface area contributed by atoms with Gasteiger partial charge in [-0.2, -0.15) is 0 Å². The molecule has 14 heavy (non-hydrogen) atoms. The normalized spacial score (nSPS) is 26.5. The highest BCUT2D eigenvalue weighted by atomic mass is 16.1. The molecule has 1 aliphatic carbocycles. The van der Waals surface area contributed by atoms with Crippen molar-refractivity contribution >= 4 is 5.91 Å². The Morgan fingerprint density at radius 2 is 2.50 bits per heavy atom. The van der Waals surface area contributed by atoms with Gasteiger partial charge in [-0.3, -0.25) is 4.79 Å². The van der Waals surface area contributed by atoms with E-state index in [0.29, 0.717) is 6.54 Å². The van der Waals surface area contributed by atoms with E-state index in [-0.39, 0.29) is 11.9 Å². The Bertz CT molecular complexity index is 235. The second kappa shape index (κ2) is 5.15. The van der Waals surface area contributed by atoms with E-state index in [9.17, 15) is 4.79 Å². The molecule has 1 unspecified atom stereocenters. The summed E-state index contributed by atoms with van der Waals surface area (Å²) >= 11 is 0. The van der Waals surface area contributed by atoms with Gasteiger partial charge in [0.25, 0.3) is 0 Å². The molecular weight excluding hydrogens is 176 g/mol. The SMILES string of the molecule is CC1CC/C(=C/C(=O)N[C@@H](C)CN)C1. The van der Waals surface area contributed by atoms with Crippen LogP contribution in [0.5, 0.6) is 0 Å². The Hall–Kier alpha value is -0.830. The van der Waals surface area contributed by atoms with Gasteiger partial charge in [0, 0.05) is 18.7 Å². The number of allylic oxidation sites excluding steroid dienone is 1. The standard InChI is InChI=1S/C11H20N2O/c1-8-3-4-10(5-8)6-11(14)13-9(2)7-12/h6,8-9H,3-5,7,12H2,1-2H3,(H,13,14)/b10-6-/t8?,9-/m0/s1. The van der Waals surface area contributed by atoms with Crippen molar-refractivity contribution in [2.24, 2.45) is 11.7 Å². The van der Waals surface area contributed by atoms with Crippen LogP contribution in [-0.2, 0) is 4.79 Å². The third-order valence-electron chi connectivity index (χ3n) is 2.65. The number of carbonyl (C=O) groups is 1. The summed E-state index contributed by atoms with van der Waals surface area (Å²) in [5.74, 6) is 0.744. The summed E-state index contributed by atoms with van der Waals surface area (Å²) in [6.45, 7) is 4.63. The lowest BCUT2D eigenvalue weighted by Gasteiger charge is -2.09. The molecule has 0 aromatic heterocycles. The lowest BCUT2D eigenvalue weighted by Crippen LogP contribution is -2.36. The molecule has 0 aromatic carbocycles. The molecular formula is C11H20N2O. The van der Waals surface area contributed by atoms with E-state index < -0.39 is 0 Å². The average molecular weight is 196 g/mol. The first-order valence-corrected chi connectivity index (χ1v) is 5.31. The highest BCUT2D eigenvalue weighted by molar-refractivity contribution is 5.88. The summed E-state index contributed by atoms with van der Waals surface area (Å²) in [6, 6.07) is 0.0678. The van der Waals surface area contributed by atoms with Crippen molar-refractivity contribution in [2.45, 2.75) is 39.2 Å². The minimum Gasteiger partial charge on any atom is -0.349 e. The van der Waals surface area contributed by atoms with Crippen LogP contribution in [-0.4, -0.2) is 18.5 Å². The number of hydrogen-bond donors (Lipinski definition) is 2. The van der Waals surface area contributed by atoms with Gasteiger partial charge in [-0.1, -0.05) is 12.5 Å². The van der Waals surface area contributed by atoms with E-state index in [0.717, 1.165) is 18.8 Å². The van der Waals surface area contributed by atoms with Crippen molar-refractivity contribution in [3.8, 4) is 0 Å². The molecule has 0 radical (unpaired) electrons. The third-order valence-corrected chi connectivity index (χ3v) is 2.65. The first-order chi connectivity index (χ1) is 6.61. The van der Waals surface area contributed by atoms with E-state index in [1.807, 2.05) is 6.92 Å². The molecule has 0 spiro atoms. The predicted octanol–water partition coefficient (Wildman–Crippen LogP) is 1.20. The lowest BCUT2D eigenvalue weighted by molar-refractivity contribution is -0.117. The first kappa shape index (κ1) is 11.2. The zero-order valence-corrected chi connectivity index (χ0v) is 9.05. The summed E-state index contributed by atoms with van der Waals surface area (Å²) in [4.78, 5) is 11.4. The maximum Gasteiger partial charge on any atom is 0.244 e. The minimum atomic E-state index is 0.00653. The van der Waals surface area contributed by atoms with Gasteiger partial charge in [0.05, 0.1) is 0 Å². The van der Waals surface area contributed by atoms with Gasteiger partial charge in [0.1, 0.15) is 0 Å². The van der Waals surface area contributed by atoms with E-state index >= 15 is 0 Å². The Balaban J connectivity index is 2.39. The van der Waals surface area contributed by atoms with Gasteiger partial charge < -0.3 is 11.1 Å². The zero-order chi connectivity index (χ0) is 10.6. The van der Waals surface area contributed by atoms with E-state index in [4.69, 9.17) is 5.73 Å². The van der Waals surface area contributed by atoms with Crippen molar-refractivity contribution in [3.63, 3.8) is 0 Å². The molecule has 3 N–H and O–H groups in total. The van der Waals surface area contributed by atoms with Gasteiger partial charge in [-0.05, 0) is 32.1 Å². The van der Waals surface area contributed by atoms with E-state index in [2.05, 4.69) is 12.2 Å². The molecule has 1 amide bonds. The number of carbonyl (C=O) groups excluding carboxylic acids is 1. The predicted molar refractivity (Wildman–Crippen MR) is 57.8 cm³/mol. The van der Waals surface area contributed by atoms with Crippen LogP contribution in [0.25, 0.3) is 0 Å². The minimum absolute atomic E-state index is 0.00653. The quantitative estimate of drug-likeness (QED) is 0.666. The fraction of sp³-hybridized carbons (Fsp3) is 0.727. The molecule has 1 aliphatic rings. The highest BCUT2D eigenvalue weighted by Crippen LogP contribution is 2.29. The lowest BCUT2D eigenvalue weighted by atomic mass is 10.1. The Morgan fingerprint density at radius 3 is 3.00 bits per heavy atom. The Kier molecular flexibility index (Phi) is 4.14. The summed E-state index contributed by atoms with van der Waals surface area (Å²) in [6.07, 6.45) is 5.11. The van der Waals surface area contributed by atoms with Crippen molar-refractivity contribution < 1.29 is 4.79 Å². The molecule has 3 nitrogen and oxygen atoms in total. The van der Waals surface area contributed by atoms with Crippen molar-refractivity contribution in [3.05, 3.63) is 11.6 Å². The second-order valence-electron chi connectivity index (χ2n) is 4.30. The van der Waals surface area contributed by atoms with Gasteiger partial charge in [-0.15, -0.1) is 0 Å². The van der Waals surface area contributed by atoms with E-state index in [1.54, 1.807) is 6.08 Å². The Morgan fingerprint density at radius 1 is 1.79 bits per heavy atom. The molecule has 0 heterocycles. The molecule has 1 rings (SSSR count). The second-order valence-corrected chi connectivity index (χ2v) is 4.30. The average Bonchev–Trinajstić information content (AvgIpc) is 2.50. The zero-order valence-electron chi connectivity index (χ0n) is 9.05. The molecule has 0 saturated heterocycles. The van der Waals surface area contributed by atoms with Crippen LogP contribution in [0.2, 0.25) is 0 Å². The molecule has 80 valence electrons. The van der Waals surface area contributed by atoms with Gasteiger partial charge in [0.2, 0.25) is 5.91 Å². The molecule has 1 fully saturated rings. The number of hydrogen-bond acceptors (Lipinski definition) is 2. The van der Waals surface area contributed by atoms with Gasteiger partial charge in [0.15, 0.2) is 0 Å². The van der Waals surface area contributed by atoms with Crippen LogP contribution in [0.15, 0.2) is 11.6 Å². The number of amides is 1. The summed E-state index contributed by atoms with van der Waals surface area (Å²) in [5, 5.41) is 2.83. The molecule has 0 bridgehead atoms. The summed E-state index contributed by atoms with van der Waals surface area (Å²) < 4.78 is 0. The molecule has 0 aliphatic heterocycles. The van der Waals surface area contributed by atoms with Crippen LogP contribution in [0.4, 0.5) is 0 Å². The van der Waals surface area contributed by atoms with Crippen molar-refractivity contribution in [1.82, 2.24) is 5.32 Å². The monoisotopic (exact) mass is 196 g/mol. The third kappa shape index (κ3) is 3.50. The van der Waals surface area contributed by atoms with Gasteiger partial charge in [-0.25, -0.2) is 0 Å². The number of nitrogens with one attached hydrogen (secondary N) is 1. The van der Waals surface area contributed by atoms with Gasteiger partial charge >= 0.3 is 0 Å². The van der Waals surface area contributed by atoms with Crippen LogP contribution in [0.3, 0.4) is 0 Å². The maximum absolute atomic E-state index is 11.4. The topological polar surface area (TPSA) is 55.1 Å². The van der Waals surface area contributed by atoms with Crippen LogP contribution < -0.4 is 11.1 Å². The molecule has 0 aromatic rings. The van der Waals surface area contributed by atoms with Crippen LogP contribution >= 0.6 is 0 Å². The first-order valence-electron chi connectivity index (χ1n) is 5.31. The van der Waals surface area contributed by atoms with Crippen LogP contribution in [0.1, 0.15) is 33.1 Å². The molecule has 3 heteroatoms. The largest absolute Gasteiger partial charge is 0.349 e. The van der Waals surface area contributed by atoms with Crippen molar-refractivity contribution in [2.75, 3.05) is 6.54 Å². The Labute approximate surface area is 85.7 Å². The number of nitrogens with two attached hydrogens (primary N) is 1. The fourth-order valence-electron chi connectivity index (χ4n) is 1.74. The summed E-state index contributed by atoms with van der Waals surface area (Å²) in [5.41, 5.74) is 6.69. The number of rotatable bonds is 3. The molecule has 1 saturated carbocycles.